The molecule has 9 atom stereocenters. The second kappa shape index (κ2) is 22.3. The van der Waals surface area contributed by atoms with Crippen LogP contribution in [0.25, 0.3) is 10.8 Å². The fraction of sp³-hybridized carbons (Fsp3) is 0.491. The summed E-state index contributed by atoms with van der Waals surface area (Å²) in [6, 6.07) is 8.47. The highest BCUT2D eigenvalue weighted by molar-refractivity contribution is 6.24. The number of esters is 1. The Balaban J connectivity index is 1.37. The molecule has 2 amide bonds. The molecule has 0 spiro atoms. The number of hydrogen-bond donors (Lipinski definition) is 7. The second-order valence-electron chi connectivity index (χ2n) is 19.4. The number of aromatic hydroxyl groups is 3. The van der Waals surface area contributed by atoms with Gasteiger partial charge in [-0.1, -0.05) is 71.9 Å². The first kappa shape index (κ1) is 53.9. The van der Waals surface area contributed by atoms with Crippen molar-refractivity contribution in [1.29, 1.82) is 0 Å². The Morgan fingerprint density at radius 1 is 0.930 bits per heavy atom. The number of ketones is 1. The SMILES string of the molecule is CO[C@H]1/C=C/O[C@@]2(C)Oc3c(C)c(O)c4c(O)c(c(C=NNC(=O)CN5CCN(c6ccc(C(C)C)cc6)CC5)c(O)c4c3C2=O)NC(=O)/C(C)=C\C=C\[C@@H](C)[C@H](O)[C@@H](C)[C@@H](O)[C@@H](C)[C@H](OC(C)=O)[C@@H]1C. The van der Waals surface area contributed by atoms with E-state index in [1.54, 1.807) is 39.8 Å². The molecule has 3 aromatic carbocycles. The van der Waals surface area contributed by atoms with Gasteiger partial charge < -0.3 is 54.7 Å². The Bertz CT molecular complexity index is 2620. The van der Waals surface area contributed by atoms with Crippen molar-refractivity contribution in [2.75, 3.05) is 50.1 Å². The number of rotatable bonds is 8. The number of piperazine rings is 1. The van der Waals surface area contributed by atoms with E-state index in [9.17, 15) is 44.7 Å². The molecular weight excluding hydrogens is 915 g/mol. The maximum absolute atomic E-state index is 14.6. The molecule has 3 aromatic rings. The third-order valence-electron chi connectivity index (χ3n) is 14.1. The summed E-state index contributed by atoms with van der Waals surface area (Å²) < 4.78 is 23.7. The number of phenols is 3. The van der Waals surface area contributed by atoms with Crippen molar-refractivity contribution in [3.05, 3.63) is 82.7 Å². The average molecular weight is 984 g/mol. The fourth-order valence-corrected chi connectivity index (χ4v) is 9.51. The number of hydrazone groups is 1. The summed E-state index contributed by atoms with van der Waals surface area (Å²) in [6.07, 6.45) is 4.29. The van der Waals surface area contributed by atoms with Crippen LogP contribution < -0.4 is 20.4 Å². The molecular formula is C53H69N5O13. The second-order valence-corrected chi connectivity index (χ2v) is 19.4. The van der Waals surface area contributed by atoms with Crippen LogP contribution in [0.2, 0.25) is 0 Å². The van der Waals surface area contributed by atoms with E-state index in [1.165, 1.54) is 58.8 Å². The van der Waals surface area contributed by atoms with Gasteiger partial charge in [-0.15, -0.1) is 0 Å². The lowest BCUT2D eigenvalue weighted by Crippen LogP contribution is -2.49. The van der Waals surface area contributed by atoms with Gasteiger partial charge in [0.15, 0.2) is 5.75 Å². The molecule has 4 aliphatic heterocycles. The predicted octanol–water partition coefficient (Wildman–Crippen LogP) is 6.15. The topological polar surface area (TPSA) is 249 Å². The minimum absolute atomic E-state index is 0.000100. The number of nitrogens with one attached hydrogen (secondary N) is 2. The van der Waals surface area contributed by atoms with Crippen LogP contribution in [0.5, 0.6) is 23.0 Å². The molecule has 18 nitrogen and oxygen atoms in total. The molecule has 0 saturated carbocycles. The summed E-state index contributed by atoms with van der Waals surface area (Å²) in [4.78, 5) is 58.4. The molecule has 1 saturated heterocycles. The Morgan fingerprint density at radius 3 is 2.21 bits per heavy atom. The van der Waals surface area contributed by atoms with Crippen LogP contribution in [-0.4, -0.2) is 130 Å². The van der Waals surface area contributed by atoms with Crippen molar-refractivity contribution in [3.63, 3.8) is 0 Å². The van der Waals surface area contributed by atoms with Crippen LogP contribution >= 0.6 is 0 Å². The summed E-state index contributed by atoms with van der Waals surface area (Å²) in [7, 11) is 1.42. The molecule has 0 radical (unpaired) electrons. The molecule has 0 aromatic heterocycles. The maximum atomic E-state index is 14.6. The van der Waals surface area contributed by atoms with Crippen molar-refractivity contribution >= 4 is 51.9 Å². The van der Waals surface area contributed by atoms with Crippen LogP contribution in [0.3, 0.4) is 0 Å². The van der Waals surface area contributed by atoms with Crippen molar-refractivity contribution in [2.24, 2.45) is 28.8 Å². The first-order chi connectivity index (χ1) is 33.5. The van der Waals surface area contributed by atoms with Gasteiger partial charge in [-0.05, 0) is 43.5 Å². The summed E-state index contributed by atoms with van der Waals surface area (Å²) in [6.45, 7) is 19.2. The quantitative estimate of drug-likeness (QED) is 0.0440. The fourth-order valence-electron chi connectivity index (χ4n) is 9.51. The number of aliphatic hydroxyl groups excluding tert-OH is 2. The number of fused-ring (bicyclic) bond motifs is 14. The molecule has 0 aliphatic carbocycles. The van der Waals surface area contributed by atoms with E-state index in [1.807, 2.05) is 4.90 Å². The molecule has 71 heavy (non-hydrogen) atoms. The zero-order valence-electron chi connectivity index (χ0n) is 42.3. The van der Waals surface area contributed by atoms with Crippen LogP contribution in [0.1, 0.15) is 95.3 Å². The smallest absolute Gasteiger partial charge is 0.312 e. The van der Waals surface area contributed by atoms with Crippen LogP contribution in [-0.2, 0) is 28.6 Å². The number of carbonyl (C=O) groups is 4. The average Bonchev–Trinajstić information content (AvgIpc) is 3.60. The van der Waals surface area contributed by atoms with Gasteiger partial charge in [0.25, 0.3) is 17.6 Å². The molecule has 7 rings (SSSR count). The van der Waals surface area contributed by atoms with E-state index in [0.717, 1.165) is 11.9 Å². The van der Waals surface area contributed by atoms with Gasteiger partial charge in [0.05, 0.1) is 59.5 Å². The van der Waals surface area contributed by atoms with Gasteiger partial charge in [-0.2, -0.15) is 5.10 Å². The van der Waals surface area contributed by atoms with Crippen molar-refractivity contribution in [1.82, 2.24) is 10.3 Å². The highest BCUT2D eigenvalue weighted by atomic mass is 16.7. The maximum Gasteiger partial charge on any atom is 0.312 e. The third kappa shape index (κ3) is 11.4. The number of carbonyl (C=O) groups excluding carboxylic acids is 4. The summed E-state index contributed by atoms with van der Waals surface area (Å²) in [5, 5.41) is 64.9. The molecule has 18 heteroatoms. The number of benzene rings is 3. The molecule has 384 valence electrons. The molecule has 4 aliphatic rings. The minimum Gasteiger partial charge on any atom is -0.507 e. The lowest BCUT2D eigenvalue weighted by molar-refractivity contribution is -0.160. The third-order valence-corrected chi connectivity index (χ3v) is 14.1. The van der Waals surface area contributed by atoms with Crippen molar-refractivity contribution in [2.45, 2.75) is 105 Å². The lowest BCUT2D eigenvalue weighted by Gasteiger charge is -2.38. The van der Waals surface area contributed by atoms with Crippen LogP contribution in [0.4, 0.5) is 11.4 Å². The highest BCUT2D eigenvalue weighted by Gasteiger charge is 2.50. The number of anilines is 2. The summed E-state index contributed by atoms with van der Waals surface area (Å²) >= 11 is 0. The standard InChI is InChI=1S/C53H69N5O13/c1-27(2)35-15-17-36(18-16-35)58-22-20-57(21-23-58)26-39(60)56-54-25-37-43-48(65)41-40(47(37)64)42-50(33(8)46(41)63)71-53(10,51(42)66)69-24-19-38(68-11)30(5)49(70-34(9)59)32(7)45(62)31(6)44(61)28(3)13-12-14-29(4)52(67)55-43/h12-19,24-25,27-28,30-32,38,44-45,49,61-65H,20-23,26H2,1-11H3,(H,55,67)(H,56,60)/b13-12+,24-19+,29-14-,54-25?/t28-,30-,31-,32-,38+,44+,45-,49-,53+/m1/s1. The van der Waals surface area contributed by atoms with E-state index in [2.05, 4.69) is 58.9 Å². The predicted molar refractivity (Wildman–Crippen MR) is 269 cm³/mol. The normalized spacial score (nSPS) is 28.6. The number of nitrogens with zero attached hydrogens (tertiary/aromatic N) is 3. The monoisotopic (exact) mass is 983 g/mol. The van der Waals surface area contributed by atoms with Crippen LogP contribution in [0, 0.1) is 30.6 Å². The first-order valence-electron chi connectivity index (χ1n) is 24.0. The Kier molecular flexibility index (Phi) is 16.9. The zero-order chi connectivity index (χ0) is 52.2. The van der Waals surface area contributed by atoms with E-state index in [0.29, 0.717) is 32.1 Å². The largest absolute Gasteiger partial charge is 0.507 e. The number of aliphatic hydroxyl groups is 2. The minimum atomic E-state index is -2.11. The van der Waals surface area contributed by atoms with Gasteiger partial charge in [0, 0.05) is 93.0 Å². The highest BCUT2D eigenvalue weighted by Crippen LogP contribution is 2.55. The number of ether oxygens (including phenoxy) is 4. The molecule has 4 heterocycles. The number of Topliss-reactive ketones (excluding diaryl/α,β-unsaturated/α-hetero) is 1. The number of allylic oxidation sites excluding steroid dienone is 2. The Morgan fingerprint density at radius 2 is 1.59 bits per heavy atom. The number of amides is 2. The van der Waals surface area contributed by atoms with Crippen LogP contribution in [0.15, 0.2) is 65.5 Å². The Labute approximate surface area is 414 Å². The van der Waals surface area contributed by atoms with Crippen molar-refractivity contribution in [3.8, 4) is 23.0 Å². The summed E-state index contributed by atoms with van der Waals surface area (Å²) in [5.74, 6) is -9.17. The van der Waals surface area contributed by atoms with Gasteiger partial charge in [-0.3, -0.25) is 24.1 Å². The van der Waals surface area contributed by atoms with E-state index < -0.39 is 106 Å². The van der Waals surface area contributed by atoms with Gasteiger partial charge in [-0.25, -0.2) is 5.43 Å². The van der Waals surface area contributed by atoms with Crippen molar-refractivity contribution < 1.29 is 63.7 Å². The molecule has 0 unspecified atom stereocenters. The number of methoxy groups -OCH3 is 1. The van der Waals surface area contributed by atoms with E-state index in [4.69, 9.17) is 18.9 Å². The van der Waals surface area contributed by atoms with E-state index in [-0.39, 0.29) is 39.9 Å². The number of hydrogen-bond acceptors (Lipinski definition) is 16. The lowest BCUT2D eigenvalue weighted by atomic mass is 9.78. The van der Waals surface area contributed by atoms with Gasteiger partial charge in [0.1, 0.15) is 23.4 Å². The Hall–Kier alpha value is -6.47. The zero-order valence-corrected chi connectivity index (χ0v) is 42.3. The molecule has 7 N–H and O–H groups in total. The van der Waals surface area contributed by atoms with Gasteiger partial charge in [0.2, 0.25) is 0 Å². The molecule has 5 bridgehead atoms. The summed E-state index contributed by atoms with van der Waals surface area (Å²) in [5.41, 5.74) is 3.93. The first-order valence-corrected chi connectivity index (χ1v) is 24.0. The van der Waals surface area contributed by atoms with Gasteiger partial charge >= 0.3 is 11.8 Å². The molecule has 1 fully saturated rings. The van der Waals surface area contributed by atoms with E-state index >= 15 is 0 Å². The number of phenolic OH excluding ortho intramolecular Hbond substituents is 3.